The fourth-order valence-corrected chi connectivity index (χ4v) is 2.23. The molecule has 2 aromatic rings. The largest absolute Gasteiger partial charge is 0.481 e. The highest BCUT2D eigenvalue weighted by Crippen LogP contribution is 2.28. The minimum atomic E-state index is -0.0959. The van der Waals surface area contributed by atoms with Gasteiger partial charge in [-0.05, 0) is 18.6 Å². The topological polar surface area (TPSA) is 69.0 Å². The summed E-state index contributed by atoms with van der Waals surface area (Å²) in [6, 6.07) is 3.79. The smallest absolute Gasteiger partial charge is 0.270 e. The molecule has 6 heteroatoms. The summed E-state index contributed by atoms with van der Waals surface area (Å²) in [6.07, 6.45) is 3.37. The summed E-state index contributed by atoms with van der Waals surface area (Å²) in [4.78, 5) is 16.1. The number of amides is 1. The number of carbonyl (C=O) groups excluding carboxylic acids is 1. The quantitative estimate of drug-likeness (QED) is 0.880. The van der Waals surface area contributed by atoms with Gasteiger partial charge in [-0.3, -0.25) is 9.48 Å². The molecule has 3 heterocycles. The molecule has 0 saturated heterocycles. The van der Waals surface area contributed by atoms with E-state index in [0.717, 1.165) is 11.1 Å². The van der Waals surface area contributed by atoms with Gasteiger partial charge in [0, 0.05) is 24.4 Å². The number of ether oxygens (including phenoxy) is 1. The molecule has 1 amide bonds. The van der Waals surface area contributed by atoms with Gasteiger partial charge in [0.1, 0.15) is 5.69 Å². The van der Waals surface area contributed by atoms with Crippen LogP contribution in [0.1, 0.15) is 23.5 Å². The molecule has 1 N–H and O–H groups in total. The maximum atomic E-state index is 12.0. The zero-order chi connectivity index (χ0) is 13.4. The Morgan fingerprint density at radius 3 is 3.16 bits per heavy atom. The van der Waals surface area contributed by atoms with Gasteiger partial charge in [-0.1, -0.05) is 0 Å². The molecule has 0 bridgehead atoms. The Morgan fingerprint density at radius 2 is 2.37 bits per heavy atom. The normalized spacial score (nSPS) is 17.8. The molecule has 0 spiro atoms. The van der Waals surface area contributed by atoms with Crippen LogP contribution in [0, 0.1) is 0 Å². The third-order valence-electron chi connectivity index (χ3n) is 3.24. The van der Waals surface area contributed by atoms with E-state index < -0.39 is 0 Å². The fourth-order valence-electron chi connectivity index (χ4n) is 2.23. The lowest BCUT2D eigenvalue weighted by Crippen LogP contribution is -2.38. The van der Waals surface area contributed by atoms with Crippen molar-refractivity contribution in [2.45, 2.75) is 13.0 Å². The van der Waals surface area contributed by atoms with Gasteiger partial charge in [-0.2, -0.15) is 5.10 Å². The first-order valence-corrected chi connectivity index (χ1v) is 6.07. The number of hydrogen-bond donors (Lipinski definition) is 1. The predicted octanol–water partition coefficient (Wildman–Crippen LogP) is 1.26. The highest BCUT2D eigenvalue weighted by atomic mass is 16.5. The molecule has 2 aromatic heterocycles. The van der Waals surface area contributed by atoms with E-state index in [2.05, 4.69) is 15.4 Å². The third-order valence-corrected chi connectivity index (χ3v) is 3.24. The lowest BCUT2D eigenvalue weighted by molar-refractivity contribution is 0.0913. The molecule has 3 rings (SSSR count). The predicted molar refractivity (Wildman–Crippen MR) is 69.1 cm³/mol. The monoisotopic (exact) mass is 258 g/mol. The summed E-state index contributed by atoms with van der Waals surface area (Å²) >= 11 is 0. The standard InChI is InChI=1S/C13H14N4O2/c1-8-6-15-13(18)12-10(7-16-17(8)12)9-3-4-14-11(5-9)19-2/h3-5,7-8H,6H2,1-2H3,(H,15,18)/t8-/m0/s1. The zero-order valence-corrected chi connectivity index (χ0v) is 10.8. The van der Waals surface area contributed by atoms with Gasteiger partial charge >= 0.3 is 0 Å². The Bertz CT molecular complexity index is 635. The van der Waals surface area contributed by atoms with E-state index in [9.17, 15) is 4.79 Å². The molecule has 0 fully saturated rings. The van der Waals surface area contributed by atoms with E-state index in [-0.39, 0.29) is 11.9 Å². The number of aromatic nitrogens is 3. The molecular weight excluding hydrogens is 244 g/mol. The Kier molecular flexibility index (Phi) is 2.70. The second-order valence-electron chi connectivity index (χ2n) is 4.50. The minimum Gasteiger partial charge on any atom is -0.481 e. The number of nitrogens with zero attached hydrogens (tertiary/aromatic N) is 3. The zero-order valence-electron chi connectivity index (χ0n) is 10.8. The molecule has 0 unspecified atom stereocenters. The molecule has 1 aliphatic rings. The number of carbonyl (C=O) groups is 1. The number of nitrogens with one attached hydrogen (secondary N) is 1. The van der Waals surface area contributed by atoms with Gasteiger partial charge in [0.05, 0.1) is 19.3 Å². The maximum Gasteiger partial charge on any atom is 0.270 e. The van der Waals surface area contributed by atoms with E-state index in [1.54, 1.807) is 30.3 Å². The maximum absolute atomic E-state index is 12.0. The van der Waals surface area contributed by atoms with E-state index in [4.69, 9.17) is 4.74 Å². The Labute approximate surface area is 110 Å². The molecule has 0 saturated carbocycles. The van der Waals surface area contributed by atoms with E-state index in [0.29, 0.717) is 18.1 Å². The summed E-state index contributed by atoms with van der Waals surface area (Å²) in [5.41, 5.74) is 2.26. The molecule has 19 heavy (non-hydrogen) atoms. The Balaban J connectivity index is 2.13. The Hall–Kier alpha value is -2.37. The number of fused-ring (bicyclic) bond motifs is 1. The van der Waals surface area contributed by atoms with Gasteiger partial charge in [0.2, 0.25) is 5.88 Å². The SMILES string of the molecule is COc1cc(-c2cnn3c2C(=O)NC[C@@H]3C)ccn1. The summed E-state index contributed by atoms with van der Waals surface area (Å²) in [7, 11) is 1.56. The molecule has 98 valence electrons. The minimum absolute atomic E-state index is 0.0959. The lowest BCUT2D eigenvalue weighted by Gasteiger charge is -2.22. The first-order valence-electron chi connectivity index (χ1n) is 6.07. The van der Waals surface area contributed by atoms with Crippen LogP contribution in [0.5, 0.6) is 5.88 Å². The van der Waals surface area contributed by atoms with E-state index in [1.807, 2.05) is 13.0 Å². The molecule has 1 atom stereocenters. The average Bonchev–Trinajstić information content (AvgIpc) is 2.89. The first-order chi connectivity index (χ1) is 9.20. The van der Waals surface area contributed by atoms with Crippen molar-refractivity contribution in [3.63, 3.8) is 0 Å². The number of methoxy groups -OCH3 is 1. The second kappa shape index (κ2) is 4.38. The van der Waals surface area contributed by atoms with Gasteiger partial charge in [0.25, 0.3) is 5.91 Å². The van der Waals surface area contributed by atoms with Crippen LogP contribution in [-0.4, -0.2) is 34.3 Å². The highest BCUT2D eigenvalue weighted by molar-refractivity contribution is 5.99. The van der Waals surface area contributed by atoms with Crippen molar-refractivity contribution < 1.29 is 9.53 Å². The second-order valence-corrected chi connectivity index (χ2v) is 4.50. The van der Waals surface area contributed by atoms with Gasteiger partial charge in [-0.15, -0.1) is 0 Å². The molecule has 0 aromatic carbocycles. The van der Waals surface area contributed by atoms with E-state index in [1.165, 1.54) is 0 Å². The van der Waals surface area contributed by atoms with Gasteiger partial charge in [0.15, 0.2) is 0 Å². The van der Waals surface area contributed by atoms with Crippen molar-refractivity contribution in [3.8, 4) is 17.0 Å². The van der Waals surface area contributed by atoms with Crippen LogP contribution in [0.4, 0.5) is 0 Å². The first kappa shape index (κ1) is 11.7. The van der Waals surface area contributed by atoms with Crippen LogP contribution >= 0.6 is 0 Å². The molecular formula is C13H14N4O2. The van der Waals surface area contributed by atoms with Crippen molar-refractivity contribution in [2.24, 2.45) is 0 Å². The van der Waals surface area contributed by atoms with Crippen LogP contribution in [0.3, 0.4) is 0 Å². The van der Waals surface area contributed by atoms with Crippen LogP contribution in [0.2, 0.25) is 0 Å². The fraction of sp³-hybridized carbons (Fsp3) is 0.308. The molecule has 1 aliphatic heterocycles. The summed E-state index contributed by atoms with van der Waals surface area (Å²) in [6.45, 7) is 2.62. The van der Waals surface area contributed by atoms with Crippen molar-refractivity contribution in [3.05, 3.63) is 30.2 Å². The summed E-state index contributed by atoms with van der Waals surface area (Å²) in [5.74, 6) is 0.420. The highest BCUT2D eigenvalue weighted by Gasteiger charge is 2.27. The van der Waals surface area contributed by atoms with Crippen LogP contribution in [0.15, 0.2) is 24.5 Å². The molecule has 0 radical (unpaired) electrons. The summed E-state index contributed by atoms with van der Waals surface area (Å²) < 4.78 is 6.87. The lowest BCUT2D eigenvalue weighted by atomic mass is 10.1. The van der Waals surface area contributed by atoms with Crippen LogP contribution < -0.4 is 10.1 Å². The number of hydrogen-bond acceptors (Lipinski definition) is 4. The average molecular weight is 258 g/mol. The number of rotatable bonds is 2. The van der Waals surface area contributed by atoms with Crippen LogP contribution in [0.25, 0.3) is 11.1 Å². The van der Waals surface area contributed by atoms with Crippen molar-refractivity contribution in [1.29, 1.82) is 0 Å². The van der Waals surface area contributed by atoms with Crippen LogP contribution in [-0.2, 0) is 0 Å². The Morgan fingerprint density at radius 1 is 1.53 bits per heavy atom. The number of pyridine rings is 1. The van der Waals surface area contributed by atoms with Crippen molar-refractivity contribution in [1.82, 2.24) is 20.1 Å². The van der Waals surface area contributed by atoms with Gasteiger partial charge < -0.3 is 10.1 Å². The molecule has 0 aliphatic carbocycles. The van der Waals surface area contributed by atoms with Gasteiger partial charge in [-0.25, -0.2) is 4.98 Å². The summed E-state index contributed by atoms with van der Waals surface area (Å²) in [5, 5.41) is 7.18. The third kappa shape index (κ3) is 1.85. The van der Waals surface area contributed by atoms with Crippen molar-refractivity contribution >= 4 is 5.91 Å². The molecule has 6 nitrogen and oxygen atoms in total. The van der Waals surface area contributed by atoms with Crippen molar-refractivity contribution in [2.75, 3.05) is 13.7 Å². The van der Waals surface area contributed by atoms with E-state index >= 15 is 0 Å².